The molecule has 40 heavy (non-hydrogen) atoms. The van der Waals surface area contributed by atoms with Crippen molar-refractivity contribution in [2.45, 2.75) is 38.7 Å². The second kappa shape index (κ2) is 12.3. The summed E-state index contributed by atoms with van der Waals surface area (Å²) in [6.45, 7) is 5.27. The highest BCUT2D eigenvalue weighted by atomic mass is 16.5. The Hall–Kier alpha value is -4.21. The summed E-state index contributed by atoms with van der Waals surface area (Å²) < 4.78 is 7.50. The molecule has 2 amide bonds. The highest BCUT2D eigenvalue weighted by Crippen LogP contribution is 2.28. The number of likely N-dealkylation sites (tertiary alicyclic amines) is 1. The monoisotopic (exact) mass is 541 g/mol. The van der Waals surface area contributed by atoms with Crippen molar-refractivity contribution in [1.82, 2.24) is 14.5 Å². The Kier molecular flexibility index (Phi) is 8.42. The number of aliphatic hydroxyl groups excluding tert-OH is 1. The van der Waals surface area contributed by atoms with Gasteiger partial charge in [0.1, 0.15) is 18.2 Å². The third-order valence-corrected chi connectivity index (χ3v) is 7.65. The van der Waals surface area contributed by atoms with Gasteiger partial charge < -0.3 is 25.8 Å². The van der Waals surface area contributed by atoms with Crippen LogP contribution in [0.2, 0.25) is 0 Å². The first-order valence-electron chi connectivity index (χ1n) is 13.7. The van der Waals surface area contributed by atoms with Gasteiger partial charge in [-0.2, -0.15) is 0 Å². The molecule has 4 N–H and O–H groups in total. The number of fused-ring (bicyclic) bond motifs is 1. The van der Waals surface area contributed by atoms with Gasteiger partial charge in [-0.25, -0.2) is 9.78 Å². The van der Waals surface area contributed by atoms with Crippen LogP contribution in [-0.2, 0) is 13.0 Å². The molecule has 0 saturated carbocycles. The Bertz CT molecular complexity index is 1490. The van der Waals surface area contributed by atoms with E-state index in [9.17, 15) is 9.59 Å². The number of nitrogens with two attached hydrogens (primary N) is 1. The molecular weight excluding hydrogens is 506 g/mol. The quantitative estimate of drug-likeness (QED) is 0.286. The van der Waals surface area contributed by atoms with Gasteiger partial charge in [-0.1, -0.05) is 19.1 Å². The fourth-order valence-corrected chi connectivity index (χ4v) is 5.39. The largest absolute Gasteiger partial charge is 0.489 e. The number of anilines is 1. The number of primary amides is 1. The van der Waals surface area contributed by atoms with Crippen LogP contribution in [0.5, 0.6) is 5.75 Å². The summed E-state index contributed by atoms with van der Waals surface area (Å²) in [5, 5.41) is 12.9. The number of benzene rings is 2. The van der Waals surface area contributed by atoms with Crippen molar-refractivity contribution in [3.63, 3.8) is 0 Å². The number of ether oxygens (including phenoxy) is 1. The molecule has 0 bridgehead atoms. The Balaban J connectivity index is 1.20. The van der Waals surface area contributed by atoms with Gasteiger partial charge in [0.15, 0.2) is 0 Å². The van der Waals surface area contributed by atoms with Gasteiger partial charge in [0.2, 0.25) is 0 Å². The Morgan fingerprint density at radius 1 is 1.07 bits per heavy atom. The summed E-state index contributed by atoms with van der Waals surface area (Å²) in [4.78, 5) is 31.2. The van der Waals surface area contributed by atoms with E-state index >= 15 is 0 Å². The minimum Gasteiger partial charge on any atom is -0.489 e. The third kappa shape index (κ3) is 6.16. The van der Waals surface area contributed by atoms with E-state index in [1.54, 1.807) is 24.5 Å². The van der Waals surface area contributed by atoms with E-state index in [2.05, 4.69) is 22.1 Å². The SMILES string of the molecule is CCc1cc2c(ccn2C(N)=O)cc1COc1ccnc(NC(=O)c2ccc(C3CCN(CCO)CC3)cc2)c1. The molecule has 9 nitrogen and oxygen atoms in total. The van der Waals surface area contributed by atoms with Crippen molar-refractivity contribution >= 4 is 28.7 Å². The van der Waals surface area contributed by atoms with Crippen LogP contribution in [0.4, 0.5) is 10.6 Å². The number of carbonyl (C=O) groups is 2. The number of aryl methyl sites for hydroxylation is 1. The lowest BCUT2D eigenvalue weighted by atomic mass is 9.89. The van der Waals surface area contributed by atoms with E-state index in [1.807, 2.05) is 42.5 Å². The number of aliphatic hydroxyl groups is 1. The number of β-amino-alcohol motifs (C(OH)–C–C–N with tert-alkyl or cyclic N) is 1. The summed E-state index contributed by atoms with van der Waals surface area (Å²) in [7, 11) is 0. The van der Waals surface area contributed by atoms with Crippen molar-refractivity contribution in [1.29, 1.82) is 0 Å². The number of piperidine rings is 1. The summed E-state index contributed by atoms with van der Waals surface area (Å²) >= 11 is 0. The molecule has 5 rings (SSSR count). The average molecular weight is 542 g/mol. The number of carbonyl (C=O) groups excluding carboxylic acids is 2. The number of hydrogen-bond donors (Lipinski definition) is 3. The summed E-state index contributed by atoms with van der Waals surface area (Å²) in [5.41, 5.74) is 10.1. The topological polar surface area (TPSA) is 123 Å². The molecule has 9 heteroatoms. The van der Waals surface area contributed by atoms with Crippen LogP contribution >= 0.6 is 0 Å². The van der Waals surface area contributed by atoms with Crippen molar-refractivity contribution in [3.8, 4) is 5.75 Å². The predicted octanol–water partition coefficient (Wildman–Crippen LogP) is 4.53. The van der Waals surface area contributed by atoms with Gasteiger partial charge in [0.05, 0.1) is 12.1 Å². The number of nitrogens with zero attached hydrogens (tertiary/aromatic N) is 3. The van der Waals surface area contributed by atoms with Gasteiger partial charge in [-0.15, -0.1) is 0 Å². The van der Waals surface area contributed by atoms with Gasteiger partial charge >= 0.3 is 6.03 Å². The number of pyridine rings is 1. The van der Waals surface area contributed by atoms with E-state index in [4.69, 9.17) is 15.6 Å². The van der Waals surface area contributed by atoms with Crippen LogP contribution < -0.4 is 15.8 Å². The number of rotatable bonds is 9. The maximum atomic E-state index is 12.9. The van der Waals surface area contributed by atoms with Crippen molar-refractivity contribution in [2.24, 2.45) is 5.73 Å². The maximum Gasteiger partial charge on any atom is 0.323 e. The lowest BCUT2D eigenvalue weighted by Crippen LogP contribution is -2.34. The zero-order chi connectivity index (χ0) is 28.1. The molecule has 0 spiro atoms. The molecule has 1 aliphatic rings. The Labute approximate surface area is 233 Å². The highest BCUT2D eigenvalue weighted by Gasteiger charge is 2.20. The molecule has 0 aliphatic carbocycles. The minimum atomic E-state index is -0.515. The van der Waals surface area contributed by atoms with Gasteiger partial charge in [0, 0.05) is 36.0 Å². The van der Waals surface area contributed by atoms with Crippen molar-refractivity contribution < 1.29 is 19.4 Å². The Morgan fingerprint density at radius 3 is 2.55 bits per heavy atom. The summed E-state index contributed by atoms with van der Waals surface area (Å²) in [5.74, 6) is 1.24. The van der Waals surface area contributed by atoms with Crippen LogP contribution in [-0.4, -0.2) is 57.7 Å². The lowest BCUT2D eigenvalue weighted by Gasteiger charge is -2.31. The molecule has 0 radical (unpaired) electrons. The van der Waals surface area contributed by atoms with Crippen LogP contribution in [0.15, 0.2) is 67.0 Å². The lowest BCUT2D eigenvalue weighted by molar-refractivity contribution is 0.102. The van der Waals surface area contributed by atoms with Crippen LogP contribution in [0.3, 0.4) is 0 Å². The molecule has 2 aromatic heterocycles. The predicted molar refractivity (Wildman–Crippen MR) is 155 cm³/mol. The van der Waals surface area contributed by atoms with Crippen molar-refractivity contribution in [2.75, 3.05) is 31.6 Å². The smallest absolute Gasteiger partial charge is 0.323 e. The minimum absolute atomic E-state index is 0.198. The molecule has 1 aliphatic heterocycles. The number of amides is 2. The van der Waals surface area contributed by atoms with Crippen LogP contribution in [0.1, 0.15) is 52.7 Å². The van der Waals surface area contributed by atoms with E-state index in [-0.39, 0.29) is 12.5 Å². The number of nitrogens with one attached hydrogen (secondary N) is 1. The zero-order valence-corrected chi connectivity index (χ0v) is 22.7. The van der Waals surface area contributed by atoms with Crippen LogP contribution in [0, 0.1) is 0 Å². The molecular formula is C31H35N5O4. The van der Waals surface area contributed by atoms with Gasteiger partial charge in [-0.05, 0) is 91.4 Å². The highest BCUT2D eigenvalue weighted by molar-refractivity contribution is 6.03. The second-order valence-electron chi connectivity index (χ2n) is 10.1. The standard InChI is InChI=1S/C31H35N5O4/c1-2-21-18-28-25(10-14-36(28)31(32)39)17-26(21)20-40-27-7-11-33-29(19-27)34-30(38)24-5-3-22(4-6-24)23-8-12-35(13-9-23)15-16-37/h3-7,10-11,14,17-19,23,37H,2,8-9,12-13,15-16,20H2,1H3,(H2,32,39)(H,33,34,38). The fraction of sp³-hybridized carbons (Fsp3) is 0.323. The first kappa shape index (κ1) is 27.4. The first-order chi connectivity index (χ1) is 19.4. The number of hydrogen-bond acceptors (Lipinski definition) is 6. The number of aromatic nitrogens is 2. The third-order valence-electron chi connectivity index (χ3n) is 7.65. The van der Waals surface area contributed by atoms with Gasteiger partial charge in [0.25, 0.3) is 5.91 Å². The normalized spacial score (nSPS) is 14.3. The van der Waals surface area contributed by atoms with Gasteiger partial charge in [-0.3, -0.25) is 9.36 Å². The molecule has 208 valence electrons. The second-order valence-corrected chi connectivity index (χ2v) is 10.1. The molecule has 0 atom stereocenters. The molecule has 3 heterocycles. The molecule has 4 aromatic rings. The van der Waals surface area contributed by atoms with Crippen molar-refractivity contribution in [3.05, 3.63) is 89.2 Å². The zero-order valence-electron chi connectivity index (χ0n) is 22.7. The molecule has 1 fully saturated rings. The van der Waals surface area contributed by atoms with Crippen LogP contribution in [0.25, 0.3) is 10.9 Å². The van der Waals surface area contributed by atoms with E-state index in [1.165, 1.54) is 10.1 Å². The summed E-state index contributed by atoms with van der Waals surface area (Å²) in [6.07, 6.45) is 6.16. The average Bonchev–Trinajstić information content (AvgIpc) is 3.39. The maximum absolute atomic E-state index is 12.9. The molecule has 0 unspecified atom stereocenters. The van der Waals surface area contributed by atoms with E-state index in [0.29, 0.717) is 29.7 Å². The first-order valence-corrected chi connectivity index (χ1v) is 13.7. The van der Waals surface area contributed by atoms with E-state index < -0.39 is 6.03 Å². The molecule has 2 aromatic carbocycles. The molecule has 1 saturated heterocycles. The summed E-state index contributed by atoms with van der Waals surface area (Å²) in [6, 6.07) is 16.6. The fourth-order valence-electron chi connectivity index (χ4n) is 5.39. The Morgan fingerprint density at radius 2 is 1.85 bits per heavy atom. The van der Waals surface area contributed by atoms with E-state index in [0.717, 1.165) is 60.9 Å².